The molecule has 1 aromatic carbocycles. The zero-order valence-corrected chi connectivity index (χ0v) is 17.0. The van der Waals surface area contributed by atoms with Gasteiger partial charge in [-0.15, -0.1) is 11.3 Å². The summed E-state index contributed by atoms with van der Waals surface area (Å²) in [5.41, 5.74) is 1.82. The molecule has 1 aliphatic carbocycles. The number of carbonyl (C=O) groups excluding carboxylic acids is 1. The maximum atomic E-state index is 12.5. The number of nitrogens with zero attached hydrogens (tertiary/aromatic N) is 1. The van der Waals surface area contributed by atoms with Gasteiger partial charge in [-0.3, -0.25) is 9.59 Å². The van der Waals surface area contributed by atoms with Gasteiger partial charge in [0.15, 0.2) is 5.16 Å². The number of hydrogen-bond donors (Lipinski definition) is 2. The second-order valence-electron chi connectivity index (χ2n) is 6.11. The van der Waals surface area contributed by atoms with E-state index in [0.29, 0.717) is 5.16 Å². The summed E-state index contributed by atoms with van der Waals surface area (Å²) in [6.07, 6.45) is 4.30. The van der Waals surface area contributed by atoms with Crippen molar-refractivity contribution >= 4 is 60.8 Å². The topological polar surface area (TPSA) is 74.8 Å². The molecule has 8 heteroatoms. The summed E-state index contributed by atoms with van der Waals surface area (Å²) in [5.74, 6) is 0.0563. The number of aromatic nitrogens is 2. The number of fused-ring (bicyclic) bond motifs is 3. The highest BCUT2D eigenvalue weighted by atomic mass is 79.9. The van der Waals surface area contributed by atoms with Crippen LogP contribution in [0.25, 0.3) is 10.2 Å². The van der Waals surface area contributed by atoms with Gasteiger partial charge >= 0.3 is 0 Å². The molecule has 1 amide bonds. The maximum absolute atomic E-state index is 12.5. The van der Waals surface area contributed by atoms with Crippen LogP contribution >= 0.6 is 39.0 Å². The van der Waals surface area contributed by atoms with E-state index in [2.05, 4.69) is 31.2 Å². The van der Waals surface area contributed by atoms with Crippen molar-refractivity contribution in [3.63, 3.8) is 0 Å². The SMILES string of the molecule is O=C(CSc1nc2sc3c(c2c(=O)[nH]1)CCCC3)Nc1ccc(Br)cc1. The Kier molecular flexibility index (Phi) is 5.15. The van der Waals surface area contributed by atoms with E-state index < -0.39 is 0 Å². The average molecular weight is 450 g/mol. The molecule has 0 atom stereocenters. The Labute approximate surface area is 166 Å². The lowest BCUT2D eigenvalue weighted by Gasteiger charge is -2.09. The first-order valence-electron chi connectivity index (χ1n) is 8.33. The number of rotatable bonds is 4. The summed E-state index contributed by atoms with van der Waals surface area (Å²) in [7, 11) is 0. The van der Waals surface area contributed by atoms with Gasteiger partial charge in [0.05, 0.1) is 11.1 Å². The van der Waals surface area contributed by atoms with Gasteiger partial charge in [0, 0.05) is 15.0 Å². The molecule has 1 aliphatic rings. The molecule has 0 unspecified atom stereocenters. The Balaban J connectivity index is 1.48. The minimum absolute atomic E-state index is 0.0924. The third kappa shape index (κ3) is 3.72. The number of aromatic amines is 1. The molecule has 0 saturated heterocycles. The van der Waals surface area contributed by atoms with Gasteiger partial charge in [0.25, 0.3) is 5.56 Å². The number of thiophene rings is 1. The fourth-order valence-corrected chi connectivity index (χ4v) is 5.32. The number of hydrogen-bond acceptors (Lipinski definition) is 5. The molecule has 2 aromatic heterocycles. The van der Waals surface area contributed by atoms with E-state index in [1.54, 1.807) is 11.3 Å². The van der Waals surface area contributed by atoms with E-state index in [0.717, 1.165) is 39.6 Å². The van der Waals surface area contributed by atoms with Crippen LogP contribution < -0.4 is 10.9 Å². The molecule has 4 rings (SSSR count). The predicted octanol–water partition coefficient (Wildman–Crippen LogP) is 4.36. The van der Waals surface area contributed by atoms with Crippen molar-refractivity contribution < 1.29 is 4.79 Å². The number of halogens is 1. The molecule has 2 heterocycles. The highest BCUT2D eigenvalue weighted by molar-refractivity contribution is 9.10. The minimum atomic E-state index is -0.134. The molecule has 0 aliphatic heterocycles. The van der Waals surface area contributed by atoms with E-state index in [-0.39, 0.29) is 17.2 Å². The van der Waals surface area contributed by atoms with Crippen LogP contribution in [0.5, 0.6) is 0 Å². The quantitative estimate of drug-likeness (QED) is 0.458. The van der Waals surface area contributed by atoms with Gasteiger partial charge in [-0.25, -0.2) is 4.98 Å². The van der Waals surface area contributed by atoms with Crippen LogP contribution in [0, 0.1) is 0 Å². The molecule has 0 spiro atoms. The summed E-state index contributed by atoms with van der Waals surface area (Å²) in [5, 5.41) is 4.07. The van der Waals surface area contributed by atoms with Crippen LogP contribution in [0.2, 0.25) is 0 Å². The number of aryl methyl sites for hydroxylation is 2. The molecule has 0 fully saturated rings. The Hall–Kier alpha value is -1.64. The van der Waals surface area contributed by atoms with E-state index in [4.69, 9.17) is 0 Å². The van der Waals surface area contributed by atoms with E-state index in [1.807, 2.05) is 24.3 Å². The highest BCUT2D eigenvalue weighted by Gasteiger charge is 2.20. The van der Waals surface area contributed by atoms with Crippen LogP contribution in [-0.2, 0) is 17.6 Å². The predicted molar refractivity (Wildman–Crippen MR) is 110 cm³/mol. The molecule has 0 radical (unpaired) electrons. The minimum Gasteiger partial charge on any atom is -0.325 e. The number of thioether (sulfide) groups is 1. The van der Waals surface area contributed by atoms with Gasteiger partial charge in [0.2, 0.25) is 5.91 Å². The van der Waals surface area contributed by atoms with Crippen molar-refractivity contribution in [2.75, 3.05) is 11.1 Å². The van der Waals surface area contributed by atoms with Crippen molar-refractivity contribution in [2.45, 2.75) is 30.8 Å². The zero-order chi connectivity index (χ0) is 18.1. The molecule has 5 nitrogen and oxygen atoms in total. The first kappa shape index (κ1) is 17.8. The zero-order valence-electron chi connectivity index (χ0n) is 13.8. The van der Waals surface area contributed by atoms with Gasteiger partial charge < -0.3 is 10.3 Å². The lowest BCUT2D eigenvalue weighted by molar-refractivity contribution is -0.113. The standard InChI is InChI=1S/C18H16BrN3O2S2/c19-10-5-7-11(8-6-10)20-14(23)9-25-18-21-16(24)15-12-3-1-2-4-13(12)26-17(15)22-18/h5-8H,1-4,9H2,(H,20,23)(H,21,22,24). The van der Waals surface area contributed by atoms with Crippen molar-refractivity contribution in [2.24, 2.45) is 0 Å². The molecular formula is C18H16BrN3O2S2. The second kappa shape index (κ2) is 7.54. The molecule has 26 heavy (non-hydrogen) atoms. The Morgan fingerprint density at radius 2 is 2.04 bits per heavy atom. The summed E-state index contributed by atoms with van der Waals surface area (Å²) in [6, 6.07) is 7.40. The van der Waals surface area contributed by atoms with Crippen LogP contribution in [0.4, 0.5) is 5.69 Å². The summed E-state index contributed by atoms with van der Waals surface area (Å²) >= 11 is 6.22. The van der Waals surface area contributed by atoms with Crippen molar-refractivity contribution in [1.82, 2.24) is 9.97 Å². The second-order valence-corrected chi connectivity index (χ2v) is 9.07. The van der Waals surface area contributed by atoms with Crippen molar-refractivity contribution in [1.29, 1.82) is 0 Å². The normalized spacial score (nSPS) is 13.6. The Morgan fingerprint density at radius 3 is 2.85 bits per heavy atom. The number of amides is 1. The first-order valence-corrected chi connectivity index (χ1v) is 10.9. The number of H-pyrrole nitrogens is 1. The summed E-state index contributed by atoms with van der Waals surface area (Å²) in [6.45, 7) is 0. The van der Waals surface area contributed by atoms with E-state index >= 15 is 0 Å². The third-order valence-electron chi connectivity index (χ3n) is 4.27. The van der Waals surface area contributed by atoms with Gasteiger partial charge in [-0.05, 0) is 55.5 Å². The lowest BCUT2D eigenvalue weighted by Crippen LogP contribution is -2.15. The fraction of sp³-hybridized carbons (Fsp3) is 0.278. The van der Waals surface area contributed by atoms with E-state index in [1.165, 1.54) is 28.6 Å². The summed E-state index contributed by atoms with van der Waals surface area (Å²) < 4.78 is 0.957. The van der Waals surface area contributed by atoms with Crippen LogP contribution in [0.3, 0.4) is 0 Å². The number of benzene rings is 1. The fourth-order valence-electron chi connectivity index (χ4n) is 3.08. The van der Waals surface area contributed by atoms with Crippen molar-refractivity contribution in [3.8, 4) is 0 Å². The lowest BCUT2D eigenvalue weighted by atomic mass is 9.97. The van der Waals surface area contributed by atoms with Gasteiger partial charge in [-0.2, -0.15) is 0 Å². The van der Waals surface area contributed by atoms with Gasteiger partial charge in [-0.1, -0.05) is 27.7 Å². The molecule has 0 bridgehead atoms. The Morgan fingerprint density at radius 1 is 1.27 bits per heavy atom. The molecule has 2 N–H and O–H groups in total. The third-order valence-corrected chi connectivity index (χ3v) is 6.86. The summed E-state index contributed by atoms with van der Waals surface area (Å²) in [4.78, 5) is 34.1. The Bertz CT molecular complexity index is 1030. The van der Waals surface area contributed by atoms with E-state index in [9.17, 15) is 9.59 Å². The monoisotopic (exact) mass is 449 g/mol. The first-order chi connectivity index (χ1) is 12.6. The number of carbonyl (C=O) groups is 1. The van der Waals surface area contributed by atoms with Crippen LogP contribution in [0.15, 0.2) is 38.7 Å². The molecule has 134 valence electrons. The van der Waals surface area contributed by atoms with Crippen LogP contribution in [-0.4, -0.2) is 21.6 Å². The largest absolute Gasteiger partial charge is 0.325 e. The smallest absolute Gasteiger partial charge is 0.260 e. The average Bonchev–Trinajstić information content (AvgIpc) is 3.01. The highest BCUT2D eigenvalue weighted by Crippen LogP contribution is 2.34. The van der Waals surface area contributed by atoms with Gasteiger partial charge in [0.1, 0.15) is 4.83 Å². The molecule has 3 aromatic rings. The molecule has 0 saturated carbocycles. The van der Waals surface area contributed by atoms with Crippen molar-refractivity contribution in [3.05, 3.63) is 49.5 Å². The maximum Gasteiger partial charge on any atom is 0.260 e. The number of anilines is 1. The number of nitrogens with one attached hydrogen (secondary N) is 2. The van der Waals surface area contributed by atoms with Crippen LogP contribution in [0.1, 0.15) is 23.3 Å². The molecular weight excluding hydrogens is 434 g/mol.